The quantitative estimate of drug-likeness (QED) is 0.581. The summed E-state index contributed by atoms with van der Waals surface area (Å²) < 4.78 is 0. The highest BCUT2D eigenvalue weighted by Crippen LogP contribution is 2.20. The molecule has 0 aliphatic rings. The smallest absolute Gasteiger partial charge is 0.127 e. The average Bonchev–Trinajstić information content (AvgIpc) is 2.28. The summed E-state index contributed by atoms with van der Waals surface area (Å²) in [4.78, 5) is 8.39. The molecule has 1 atom stereocenters. The molecule has 0 radical (unpaired) electrons. The van der Waals surface area contributed by atoms with Crippen LogP contribution < -0.4 is 0 Å². The second-order valence-electron chi connectivity index (χ2n) is 3.06. The van der Waals surface area contributed by atoms with Crippen LogP contribution in [0.3, 0.4) is 0 Å². The highest BCUT2D eigenvalue weighted by Gasteiger charge is 2.10. The largest absolute Gasteiger partial charge is 0.251 e. The Balaban J connectivity index is 2.68. The van der Waals surface area contributed by atoms with Crippen LogP contribution in [-0.4, -0.2) is 22.5 Å². The van der Waals surface area contributed by atoms with E-state index < -0.39 is 0 Å². The van der Waals surface area contributed by atoms with Crippen LogP contribution in [0.25, 0.3) is 0 Å². The molecule has 1 rings (SSSR count). The van der Waals surface area contributed by atoms with Crippen molar-refractivity contribution in [1.82, 2.24) is 0 Å². The van der Waals surface area contributed by atoms with Gasteiger partial charge in [-0.25, -0.2) is 9.78 Å². The highest BCUT2D eigenvalue weighted by molar-refractivity contribution is 7.98. The van der Waals surface area contributed by atoms with Crippen LogP contribution in [0.5, 0.6) is 0 Å². The van der Waals surface area contributed by atoms with Gasteiger partial charge < -0.3 is 0 Å². The first-order valence-electron chi connectivity index (χ1n) is 4.46. The van der Waals surface area contributed by atoms with Gasteiger partial charge in [0, 0.05) is 5.75 Å². The van der Waals surface area contributed by atoms with Crippen LogP contribution in [0.15, 0.2) is 24.3 Å². The van der Waals surface area contributed by atoms with E-state index in [1.165, 1.54) is 0 Å². The molecule has 0 aromatic heterocycles. The van der Waals surface area contributed by atoms with Crippen LogP contribution in [0, 0.1) is 0 Å². The Bertz CT molecular complexity index is 275. The first-order chi connectivity index (χ1) is 7.31. The lowest BCUT2D eigenvalue weighted by Crippen LogP contribution is -2.04. The minimum absolute atomic E-state index is 0.160. The van der Waals surface area contributed by atoms with Crippen molar-refractivity contribution in [3.8, 4) is 0 Å². The second kappa shape index (κ2) is 6.81. The van der Waals surface area contributed by atoms with Crippen molar-refractivity contribution in [3.05, 3.63) is 35.4 Å². The van der Waals surface area contributed by atoms with E-state index in [0.29, 0.717) is 5.75 Å². The molecule has 15 heavy (non-hydrogen) atoms. The van der Waals surface area contributed by atoms with Crippen molar-refractivity contribution in [2.75, 3.05) is 12.0 Å². The topological polar surface area (TPSA) is 58.9 Å². The molecular weight excluding hydrogens is 216 g/mol. The summed E-state index contributed by atoms with van der Waals surface area (Å²) in [7, 11) is 0. The third-order valence-corrected chi connectivity index (χ3v) is 2.66. The zero-order valence-electron chi connectivity index (χ0n) is 8.42. The molecule has 0 fully saturated rings. The third kappa shape index (κ3) is 3.81. The molecule has 0 bridgehead atoms. The summed E-state index contributed by atoms with van der Waals surface area (Å²) in [6.07, 6.45) is 1.63. The molecule has 1 unspecified atom stereocenters. The SMILES string of the molecule is CSCC(OO)c1ccc(COO)cc1. The van der Waals surface area contributed by atoms with Gasteiger partial charge in [-0.05, 0) is 17.4 Å². The Morgan fingerprint density at radius 1 is 1.27 bits per heavy atom. The Kier molecular flexibility index (Phi) is 5.67. The number of rotatable bonds is 6. The van der Waals surface area contributed by atoms with Gasteiger partial charge in [0.1, 0.15) is 12.7 Å². The zero-order valence-corrected chi connectivity index (χ0v) is 9.24. The monoisotopic (exact) mass is 230 g/mol. The first-order valence-corrected chi connectivity index (χ1v) is 5.85. The van der Waals surface area contributed by atoms with Crippen LogP contribution in [-0.2, 0) is 16.4 Å². The van der Waals surface area contributed by atoms with Gasteiger partial charge in [0.2, 0.25) is 0 Å². The molecular formula is C10H14O4S. The van der Waals surface area contributed by atoms with Crippen molar-refractivity contribution < 1.29 is 20.3 Å². The Labute approximate surface area is 92.7 Å². The number of benzene rings is 1. The predicted molar refractivity (Wildman–Crippen MR) is 58.7 cm³/mol. The molecule has 4 nitrogen and oxygen atoms in total. The number of hydrogen-bond acceptors (Lipinski definition) is 5. The van der Waals surface area contributed by atoms with E-state index in [2.05, 4.69) is 9.78 Å². The number of hydrogen-bond donors (Lipinski definition) is 2. The molecule has 0 heterocycles. The molecule has 1 aromatic rings. The second-order valence-corrected chi connectivity index (χ2v) is 3.98. The lowest BCUT2D eigenvalue weighted by atomic mass is 10.1. The van der Waals surface area contributed by atoms with Crippen LogP contribution in [0.4, 0.5) is 0 Å². The molecule has 84 valence electrons. The van der Waals surface area contributed by atoms with Gasteiger partial charge in [0.05, 0.1) is 0 Å². The van der Waals surface area contributed by atoms with Gasteiger partial charge in [0.25, 0.3) is 0 Å². The normalized spacial score (nSPS) is 12.7. The Hall–Kier alpha value is -0.590. The van der Waals surface area contributed by atoms with Crippen LogP contribution in [0.1, 0.15) is 17.2 Å². The van der Waals surface area contributed by atoms with Crippen molar-refractivity contribution >= 4 is 11.8 Å². The van der Waals surface area contributed by atoms with E-state index in [0.717, 1.165) is 11.1 Å². The van der Waals surface area contributed by atoms with Gasteiger partial charge in [0.15, 0.2) is 0 Å². The summed E-state index contributed by atoms with van der Waals surface area (Å²) >= 11 is 1.59. The molecule has 0 amide bonds. The van der Waals surface area contributed by atoms with Crippen LogP contribution in [0.2, 0.25) is 0 Å². The summed E-state index contributed by atoms with van der Waals surface area (Å²) in [5.74, 6) is 0.687. The molecule has 1 aromatic carbocycles. The maximum atomic E-state index is 8.71. The van der Waals surface area contributed by atoms with Gasteiger partial charge in [-0.1, -0.05) is 24.3 Å². The molecule has 0 aliphatic heterocycles. The summed E-state index contributed by atoms with van der Waals surface area (Å²) in [6.45, 7) is 0.160. The van der Waals surface area contributed by atoms with Crippen LogP contribution >= 0.6 is 11.8 Å². The minimum atomic E-state index is -0.316. The maximum Gasteiger partial charge on any atom is 0.127 e. The Morgan fingerprint density at radius 2 is 1.93 bits per heavy atom. The molecule has 0 aliphatic carbocycles. The predicted octanol–water partition coefficient (Wildman–Crippen LogP) is 2.57. The summed E-state index contributed by atoms with van der Waals surface area (Å²) in [5.41, 5.74) is 1.76. The average molecular weight is 230 g/mol. The lowest BCUT2D eigenvalue weighted by molar-refractivity contribution is -0.275. The van der Waals surface area contributed by atoms with E-state index in [9.17, 15) is 0 Å². The van der Waals surface area contributed by atoms with Gasteiger partial charge in [-0.2, -0.15) is 11.8 Å². The Morgan fingerprint density at radius 3 is 2.40 bits per heavy atom. The fraction of sp³-hybridized carbons (Fsp3) is 0.400. The van der Waals surface area contributed by atoms with E-state index in [1.807, 2.05) is 30.5 Å². The van der Waals surface area contributed by atoms with Crippen molar-refractivity contribution in [2.45, 2.75) is 12.7 Å². The van der Waals surface area contributed by atoms with E-state index in [1.54, 1.807) is 11.8 Å². The molecule has 5 heteroatoms. The highest BCUT2D eigenvalue weighted by atomic mass is 32.2. The lowest BCUT2D eigenvalue weighted by Gasteiger charge is -2.12. The van der Waals surface area contributed by atoms with Gasteiger partial charge in [-0.15, -0.1) is 0 Å². The van der Waals surface area contributed by atoms with Gasteiger partial charge in [-0.3, -0.25) is 10.5 Å². The fourth-order valence-electron chi connectivity index (χ4n) is 1.24. The molecule has 2 N–H and O–H groups in total. The third-order valence-electron chi connectivity index (χ3n) is 2.03. The summed E-state index contributed by atoms with van der Waals surface area (Å²) in [6, 6.07) is 7.31. The molecule has 0 saturated heterocycles. The summed E-state index contributed by atoms with van der Waals surface area (Å²) in [5, 5.41) is 17.0. The van der Waals surface area contributed by atoms with E-state index in [4.69, 9.17) is 10.5 Å². The maximum absolute atomic E-state index is 8.71. The van der Waals surface area contributed by atoms with Gasteiger partial charge >= 0.3 is 0 Å². The molecule has 0 saturated carbocycles. The minimum Gasteiger partial charge on any atom is -0.251 e. The van der Waals surface area contributed by atoms with E-state index in [-0.39, 0.29) is 12.7 Å². The van der Waals surface area contributed by atoms with E-state index >= 15 is 0 Å². The number of thioether (sulfide) groups is 1. The fourth-order valence-corrected chi connectivity index (χ4v) is 1.80. The zero-order chi connectivity index (χ0) is 11.1. The molecule has 0 spiro atoms. The van der Waals surface area contributed by atoms with Crippen molar-refractivity contribution in [3.63, 3.8) is 0 Å². The van der Waals surface area contributed by atoms with Crippen molar-refractivity contribution in [1.29, 1.82) is 0 Å². The standard InChI is InChI=1S/C10H14O4S/c1-15-7-10(14-12)9-4-2-8(3-5-9)6-13-11/h2-5,10-12H,6-7H2,1H3. The van der Waals surface area contributed by atoms with Crippen molar-refractivity contribution in [2.24, 2.45) is 0 Å². The first kappa shape index (κ1) is 12.5.